The third-order valence-electron chi connectivity index (χ3n) is 5.35. The fourth-order valence-electron chi connectivity index (χ4n) is 3.58. The second-order valence-corrected chi connectivity index (χ2v) is 12.7. The number of halogens is 1. The van der Waals surface area contributed by atoms with Crippen molar-refractivity contribution < 1.29 is 31.1 Å². The van der Waals surface area contributed by atoms with E-state index in [9.17, 15) is 21.6 Å². The Kier molecular flexibility index (Phi) is 7.95. The van der Waals surface area contributed by atoms with E-state index in [1.54, 1.807) is 42.5 Å². The second kappa shape index (κ2) is 11.0. The van der Waals surface area contributed by atoms with Crippen molar-refractivity contribution in [2.45, 2.75) is 17.7 Å². The zero-order valence-electron chi connectivity index (χ0n) is 19.7. The van der Waals surface area contributed by atoms with Crippen molar-refractivity contribution in [3.63, 3.8) is 0 Å². The van der Waals surface area contributed by atoms with E-state index in [1.807, 2.05) is 0 Å². The molecule has 0 atom stereocenters. The number of amides is 1. The number of carbonyl (C=O) groups is 1. The minimum atomic E-state index is -3.80. The fourth-order valence-corrected chi connectivity index (χ4v) is 5.86. The molecule has 0 radical (unpaired) electrons. The molecule has 0 saturated carbocycles. The maximum Gasteiger partial charge on any atom is 0.261 e. The molecule has 0 aliphatic carbocycles. The van der Waals surface area contributed by atoms with Crippen LogP contribution in [-0.2, 0) is 24.8 Å². The summed E-state index contributed by atoms with van der Waals surface area (Å²) in [5.74, 6) is 0.670. The minimum Gasteiger partial charge on any atom is -0.454 e. The first kappa shape index (κ1) is 26.8. The summed E-state index contributed by atoms with van der Waals surface area (Å²) in [7, 11) is -7.39. The lowest BCUT2D eigenvalue weighted by Gasteiger charge is -2.22. The molecule has 0 unspecified atom stereocenters. The van der Waals surface area contributed by atoms with E-state index in [0.29, 0.717) is 28.6 Å². The molecule has 0 bridgehead atoms. The van der Waals surface area contributed by atoms with E-state index >= 15 is 0 Å². The van der Waals surface area contributed by atoms with Gasteiger partial charge in [-0.1, -0.05) is 15.9 Å². The number of fused-ring (bicyclic) bond motifs is 1. The van der Waals surface area contributed by atoms with E-state index in [2.05, 4.69) is 26.0 Å². The highest BCUT2D eigenvalue weighted by molar-refractivity contribution is 9.10. The molecule has 196 valence electrons. The van der Waals surface area contributed by atoms with Crippen LogP contribution >= 0.6 is 15.9 Å². The number of sulfonamides is 2. The van der Waals surface area contributed by atoms with Crippen LogP contribution < -0.4 is 23.8 Å². The number of nitrogens with one attached hydrogen (secondary N) is 2. The number of nitrogens with zero attached hydrogens (tertiary/aromatic N) is 1. The van der Waals surface area contributed by atoms with Gasteiger partial charge in [0.2, 0.25) is 22.7 Å². The van der Waals surface area contributed by atoms with E-state index in [1.165, 1.54) is 28.6 Å². The van der Waals surface area contributed by atoms with Crippen LogP contribution in [0.15, 0.2) is 76.1 Å². The number of hydrogen-bond acceptors (Lipinski definition) is 7. The average Bonchev–Trinajstić information content (AvgIpc) is 3.31. The number of benzene rings is 3. The molecule has 3 aromatic rings. The molecule has 37 heavy (non-hydrogen) atoms. The van der Waals surface area contributed by atoms with E-state index in [0.717, 1.165) is 10.7 Å². The van der Waals surface area contributed by atoms with Gasteiger partial charge in [0.25, 0.3) is 10.0 Å². The van der Waals surface area contributed by atoms with Gasteiger partial charge in [0.15, 0.2) is 11.5 Å². The van der Waals surface area contributed by atoms with Crippen LogP contribution in [0.1, 0.15) is 12.8 Å². The normalized spacial score (nSPS) is 12.7. The first-order valence-corrected chi connectivity index (χ1v) is 15.2. The predicted molar refractivity (Wildman–Crippen MR) is 144 cm³/mol. The number of hydrogen-bond donors (Lipinski definition) is 2. The topological polar surface area (TPSA) is 131 Å². The Morgan fingerprint density at radius 2 is 1.57 bits per heavy atom. The van der Waals surface area contributed by atoms with Gasteiger partial charge in [-0.05, 0) is 67.1 Å². The van der Waals surface area contributed by atoms with Gasteiger partial charge in [-0.25, -0.2) is 16.8 Å². The summed E-state index contributed by atoms with van der Waals surface area (Å²) in [6, 6.07) is 17.3. The lowest BCUT2D eigenvalue weighted by atomic mass is 10.2. The Hall–Kier alpha value is -3.29. The summed E-state index contributed by atoms with van der Waals surface area (Å²) in [6.07, 6.45) is 1.41. The largest absolute Gasteiger partial charge is 0.454 e. The molecule has 4 rings (SSSR count). The molecule has 0 saturated heterocycles. The van der Waals surface area contributed by atoms with Crippen LogP contribution in [0.2, 0.25) is 0 Å². The summed E-state index contributed by atoms with van der Waals surface area (Å²) in [6.45, 7) is 0.164. The van der Waals surface area contributed by atoms with Crippen LogP contribution in [0.4, 0.5) is 17.1 Å². The monoisotopic (exact) mass is 609 g/mol. The standard InChI is InChI=1S/C24H24BrN3O7S2/c1-36(30,31)28(20-10-13-22-23(15-20)35-16-34-22)14-2-3-24(29)26-18-8-11-21(12-9-18)37(32,33)27-19-6-4-17(25)5-7-19/h4-13,15,27H,2-3,14,16H2,1H3,(H,26,29). The molecule has 0 aromatic heterocycles. The number of ether oxygens (including phenoxy) is 2. The third-order valence-corrected chi connectivity index (χ3v) is 8.47. The first-order chi connectivity index (χ1) is 17.5. The van der Waals surface area contributed by atoms with E-state index in [-0.39, 0.29) is 37.0 Å². The van der Waals surface area contributed by atoms with Crippen LogP contribution in [0.5, 0.6) is 11.5 Å². The van der Waals surface area contributed by atoms with Crippen molar-refractivity contribution in [1.29, 1.82) is 0 Å². The van der Waals surface area contributed by atoms with Crippen molar-refractivity contribution in [2.75, 3.05) is 33.9 Å². The molecule has 13 heteroatoms. The van der Waals surface area contributed by atoms with Crippen molar-refractivity contribution in [1.82, 2.24) is 0 Å². The molecule has 3 aromatic carbocycles. The minimum absolute atomic E-state index is 0.0425. The molecular formula is C24H24BrN3O7S2. The molecule has 1 amide bonds. The molecule has 2 N–H and O–H groups in total. The molecular weight excluding hydrogens is 586 g/mol. The lowest BCUT2D eigenvalue weighted by Crippen LogP contribution is -2.31. The highest BCUT2D eigenvalue weighted by Gasteiger charge is 2.22. The lowest BCUT2D eigenvalue weighted by molar-refractivity contribution is -0.116. The van der Waals surface area contributed by atoms with Crippen LogP contribution in [0.25, 0.3) is 0 Å². The molecule has 1 aliphatic rings. The smallest absolute Gasteiger partial charge is 0.261 e. The van der Waals surface area contributed by atoms with Crippen LogP contribution in [-0.4, -0.2) is 42.3 Å². The van der Waals surface area contributed by atoms with Gasteiger partial charge in [0.1, 0.15) is 0 Å². The van der Waals surface area contributed by atoms with Gasteiger partial charge in [-0.3, -0.25) is 13.8 Å². The first-order valence-electron chi connectivity index (χ1n) is 11.1. The van der Waals surface area contributed by atoms with E-state index < -0.39 is 20.0 Å². The number of rotatable bonds is 10. The van der Waals surface area contributed by atoms with Crippen LogP contribution in [0, 0.1) is 0 Å². The summed E-state index contributed by atoms with van der Waals surface area (Å²) >= 11 is 3.30. The summed E-state index contributed by atoms with van der Waals surface area (Å²) in [4.78, 5) is 12.5. The van der Waals surface area contributed by atoms with Crippen molar-refractivity contribution in [3.05, 3.63) is 71.2 Å². The van der Waals surface area contributed by atoms with Gasteiger partial charge < -0.3 is 14.8 Å². The van der Waals surface area contributed by atoms with Crippen LogP contribution in [0.3, 0.4) is 0 Å². The predicted octanol–water partition coefficient (Wildman–Crippen LogP) is 4.16. The molecule has 0 fully saturated rings. The molecule has 1 heterocycles. The Morgan fingerprint density at radius 1 is 0.919 bits per heavy atom. The highest BCUT2D eigenvalue weighted by atomic mass is 79.9. The SMILES string of the molecule is CS(=O)(=O)N(CCCC(=O)Nc1ccc(S(=O)(=O)Nc2ccc(Br)cc2)cc1)c1ccc2c(c1)OCO2. The maximum absolute atomic E-state index is 12.6. The Balaban J connectivity index is 1.32. The van der Waals surface area contributed by atoms with Crippen molar-refractivity contribution >= 4 is 58.9 Å². The Morgan fingerprint density at radius 3 is 2.24 bits per heavy atom. The molecule has 0 spiro atoms. The molecule has 1 aliphatic heterocycles. The summed E-state index contributed by atoms with van der Waals surface area (Å²) in [5, 5.41) is 2.70. The Bertz CT molecular complexity index is 1490. The van der Waals surface area contributed by atoms with E-state index in [4.69, 9.17) is 9.47 Å². The van der Waals surface area contributed by atoms with Gasteiger partial charge in [0, 0.05) is 34.9 Å². The maximum atomic E-state index is 12.6. The Labute approximate surface area is 223 Å². The van der Waals surface area contributed by atoms with Gasteiger partial charge in [0.05, 0.1) is 16.8 Å². The van der Waals surface area contributed by atoms with Gasteiger partial charge in [-0.2, -0.15) is 0 Å². The van der Waals surface area contributed by atoms with Gasteiger partial charge >= 0.3 is 0 Å². The zero-order valence-corrected chi connectivity index (χ0v) is 22.9. The van der Waals surface area contributed by atoms with Crippen molar-refractivity contribution in [2.24, 2.45) is 0 Å². The highest BCUT2D eigenvalue weighted by Crippen LogP contribution is 2.36. The molecule has 10 nitrogen and oxygen atoms in total. The second-order valence-electron chi connectivity index (χ2n) is 8.16. The number of anilines is 3. The zero-order chi connectivity index (χ0) is 26.6. The number of carbonyl (C=O) groups excluding carboxylic acids is 1. The average molecular weight is 611 g/mol. The quantitative estimate of drug-likeness (QED) is 0.353. The summed E-state index contributed by atoms with van der Waals surface area (Å²) in [5.41, 5.74) is 1.26. The third kappa shape index (κ3) is 6.93. The van der Waals surface area contributed by atoms with Crippen molar-refractivity contribution in [3.8, 4) is 11.5 Å². The summed E-state index contributed by atoms with van der Waals surface area (Å²) < 4.78 is 65.0. The van der Waals surface area contributed by atoms with Gasteiger partial charge in [-0.15, -0.1) is 0 Å². The fraction of sp³-hybridized carbons (Fsp3) is 0.208.